The monoisotopic (exact) mass is 309 g/mol. The third-order valence-corrected chi connectivity index (χ3v) is 3.90. The molecular formula is C19H23N3O. The second kappa shape index (κ2) is 5.30. The predicted octanol–water partition coefficient (Wildman–Crippen LogP) is 4.53. The van der Waals surface area contributed by atoms with Crippen LogP contribution in [0, 0.1) is 13.8 Å². The Bertz CT molecular complexity index is 872. The average Bonchev–Trinajstić information content (AvgIpc) is 2.80. The van der Waals surface area contributed by atoms with Crippen LogP contribution in [0.25, 0.3) is 16.9 Å². The third-order valence-electron chi connectivity index (χ3n) is 3.90. The van der Waals surface area contributed by atoms with Crippen molar-refractivity contribution >= 4 is 11.5 Å². The first-order chi connectivity index (χ1) is 10.8. The van der Waals surface area contributed by atoms with Crippen LogP contribution in [0.1, 0.15) is 32.0 Å². The number of rotatable bonds is 2. The van der Waals surface area contributed by atoms with Gasteiger partial charge in [0.2, 0.25) is 0 Å². The van der Waals surface area contributed by atoms with Gasteiger partial charge in [-0.15, -0.1) is 0 Å². The van der Waals surface area contributed by atoms with Crippen molar-refractivity contribution in [2.45, 2.75) is 40.2 Å². The van der Waals surface area contributed by atoms with Crippen molar-refractivity contribution in [3.05, 3.63) is 47.7 Å². The quantitative estimate of drug-likeness (QED) is 0.731. The smallest absolute Gasteiger partial charge is 0.139 e. The van der Waals surface area contributed by atoms with E-state index >= 15 is 0 Å². The molecule has 3 rings (SSSR count). The molecule has 0 saturated heterocycles. The van der Waals surface area contributed by atoms with E-state index in [0.717, 1.165) is 28.4 Å². The molecule has 3 aromatic rings. The summed E-state index contributed by atoms with van der Waals surface area (Å²) >= 11 is 0. The first-order valence-electron chi connectivity index (χ1n) is 7.82. The summed E-state index contributed by atoms with van der Waals surface area (Å²) in [5, 5.41) is 13.4. The lowest BCUT2D eigenvalue weighted by Gasteiger charge is -2.23. The fourth-order valence-corrected chi connectivity index (χ4v) is 2.71. The molecule has 23 heavy (non-hydrogen) atoms. The van der Waals surface area contributed by atoms with Crippen LogP contribution in [-0.2, 0) is 0 Å². The van der Waals surface area contributed by atoms with E-state index in [9.17, 15) is 5.11 Å². The summed E-state index contributed by atoms with van der Waals surface area (Å²) < 4.78 is 2.15. The van der Waals surface area contributed by atoms with Crippen molar-refractivity contribution in [1.82, 2.24) is 9.38 Å². The molecule has 0 aliphatic heterocycles. The number of anilines is 1. The van der Waals surface area contributed by atoms with Gasteiger partial charge in [-0.3, -0.25) is 4.40 Å². The Morgan fingerprint density at radius 1 is 1.09 bits per heavy atom. The standard InChI is InChI=1S/C19H23N3O/c1-12-9-10-16-20-17(14-7-6-8-15(23)11-14)18(21-19(3,4)5)22(16)13(12)2/h6-11,21,23H,1-5H3. The van der Waals surface area contributed by atoms with Crippen molar-refractivity contribution < 1.29 is 5.11 Å². The summed E-state index contributed by atoms with van der Waals surface area (Å²) in [6.45, 7) is 10.6. The normalized spacial score (nSPS) is 11.9. The lowest BCUT2D eigenvalue weighted by atomic mass is 10.1. The molecule has 0 aliphatic rings. The van der Waals surface area contributed by atoms with E-state index in [-0.39, 0.29) is 11.3 Å². The van der Waals surface area contributed by atoms with Crippen LogP contribution in [0.3, 0.4) is 0 Å². The molecule has 0 aliphatic carbocycles. The van der Waals surface area contributed by atoms with Gasteiger partial charge >= 0.3 is 0 Å². The fraction of sp³-hybridized carbons (Fsp3) is 0.316. The van der Waals surface area contributed by atoms with E-state index in [0.29, 0.717) is 0 Å². The number of aryl methyl sites for hydroxylation is 2. The highest BCUT2D eigenvalue weighted by atomic mass is 16.3. The Labute approximate surface area is 136 Å². The van der Waals surface area contributed by atoms with Crippen LogP contribution >= 0.6 is 0 Å². The second-order valence-corrected chi connectivity index (χ2v) is 7.03. The van der Waals surface area contributed by atoms with E-state index in [1.54, 1.807) is 12.1 Å². The Balaban J connectivity index is 2.33. The molecule has 120 valence electrons. The Morgan fingerprint density at radius 2 is 1.83 bits per heavy atom. The van der Waals surface area contributed by atoms with Gasteiger partial charge in [-0.1, -0.05) is 18.2 Å². The number of hydrogen-bond donors (Lipinski definition) is 2. The number of fused-ring (bicyclic) bond motifs is 1. The average molecular weight is 309 g/mol. The van der Waals surface area contributed by atoms with E-state index in [2.05, 4.69) is 50.4 Å². The lowest BCUT2D eigenvalue weighted by molar-refractivity contribution is 0.475. The highest BCUT2D eigenvalue weighted by molar-refractivity contribution is 5.78. The summed E-state index contributed by atoms with van der Waals surface area (Å²) in [5.41, 5.74) is 4.93. The Morgan fingerprint density at radius 3 is 2.48 bits per heavy atom. The van der Waals surface area contributed by atoms with Crippen LogP contribution in [0.15, 0.2) is 36.4 Å². The van der Waals surface area contributed by atoms with Gasteiger partial charge in [0, 0.05) is 16.8 Å². The molecule has 0 fully saturated rings. The molecule has 2 aromatic heterocycles. The first-order valence-corrected chi connectivity index (χ1v) is 7.82. The number of imidazole rings is 1. The highest BCUT2D eigenvalue weighted by Gasteiger charge is 2.20. The van der Waals surface area contributed by atoms with E-state index in [4.69, 9.17) is 4.98 Å². The first kappa shape index (κ1) is 15.4. The molecule has 4 nitrogen and oxygen atoms in total. The van der Waals surface area contributed by atoms with Gasteiger partial charge < -0.3 is 10.4 Å². The fourth-order valence-electron chi connectivity index (χ4n) is 2.71. The summed E-state index contributed by atoms with van der Waals surface area (Å²) in [7, 11) is 0. The van der Waals surface area contributed by atoms with Gasteiger partial charge in [-0.25, -0.2) is 4.98 Å². The maximum absolute atomic E-state index is 9.82. The molecule has 4 heteroatoms. The number of pyridine rings is 1. The lowest BCUT2D eigenvalue weighted by Crippen LogP contribution is -2.27. The summed E-state index contributed by atoms with van der Waals surface area (Å²) in [6, 6.07) is 11.3. The molecule has 0 radical (unpaired) electrons. The van der Waals surface area contributed by atoms with Crippen molar-refractivity contribution in [3.63, 3.8) is 0 Å². The van der Waals surface area contributed by atoms with E-state index in [1.807, 2.05) is 18.2 Å². The van der Waals surface area contributed by atoms with Crippen LogP contribution in [0.4, 0.5) is 5.82 Å². The number of nitrogens with zero attached hydrogens (tertiary/aromatic N) is 2. The molecule has 0 bridgehead atoms. The molecule has 0 atom stereocenters. The van der Waals surface area contributed by atoms with Gasteiger partial charge in [-0.2, -0.15) is 0 Å². The summed E-state index contributed by atoms with van der Waals surface area (Å²) in [4.78, 5) is 4.80. The van der Waals surface area contributed by atoms with Crippen molar-refractivity contribution in [2.75, 3.05) is 5.32 Å². The van der Waals surface area contributed by atoms with Crippen molar-refractivity contribution in [1.29, 1.82) is 0 Å². The van der Waals surface area contributed by atoms with Gasteiger partial charge in [0.25, 0.3) is 0 Å². The molecule has 0 unspecified atom stereocenters. The zero-order valence-corrected chi connectivity index (χ0v) is 14.3. The molecular weight excluding hydrogens is 286 g/mol. The number of hydrogen-bond acceptors (Lipinski definition) is 3. The van der Waals surface area contributed by atoms with E-state index < -0.39 is 0 Å². The number of aromatic nitrogens is 2. The Hall–Kier alpha value is -2.49. The largest absolute Gasteiger partial charge is 0.508 e. The van der Waals surface area contributed by atoms with Gasteiger partial charge in [0.15, 0.2) is 0 Å². The highest BCUT2D eigenvalue weighted by Crippen LogP contribution is 2.33. The van der Waals surface area contributed by atoms with E-state index in [1.165, 1.54) is 5.56 Å². The number of phenolic OH excluding ortho intramolecular Hbond substituents is 1. The van der Waals surface area contributed by atoms with Gasteiger partial charge in [-0.05, 0) is 58.4 Å². The molecule has 0 saturated carbocycles. The van der Waals surface area contributed by atoms with Gasteiger partial charge in [0.1, 0.15) is 22.9 Å². The van der Waals surface area contributed by atoms with Crippen LogP contribution < -0.4 is 5.32 Å². The molecule has 0 amide bonds. The number of nitrogens with one attached hydrogen (secondary N) is 1. The minimum Gasteiger partial charge on any atom is -0.508 e. The number of phenols is 1. The second-order valence-electron chi connectivity index (χ2n) is 7.03. The predicted molar refractivity (Wildman–Crippen MR) is 95.1 cm³/mol. The number of aromatic hydroxyl groups is 1. The number of benzene rings is 1. The molecule has 0 spiro atoms. The topological polar surface area (TPSA) is 49.6 Å². The van der Waals surface area contributed by atoms with Gasteiger partial charge in [0.05, 0.1) is 0 Å². The maximum atomic E-state index is 9.82. The van der Waals surface area contributed by atoms with Crippen molar-refractivity contribution in [3.8, 4) is 17.0 Å². The zero-order valence-electron chi connectivity index (χ0n) is 14.3. The van der Waals surface area contributed by atoms with Crippen molar-refractivity contribution in [2.24, 2.45) is 0 Å². The Kier molecular flexibility index (Phi) is 3.55. The SMILES string of the molecule is Cc1ccc2nc(-c3cccc(O)c3)c(NC(C)(C)C)n2c1C. The van der Waals surface area contributed by atoms with Crippen LogP contribution in [0.2, 0.25) is 0 Å². The molecule has 1 aromatic carbocycles. The minimum absolute atomic E-state index is 0.0995. The summed E-state index contributed by atoms with van der Waals surface area (Å²) in [6.07, 6.45) is 0. The molecule has 2 heterocycles. The van der Waals surface area contributed by atoms with Crippen LogP contribution in [0.5, 0.6) is 5.75 Å². The third kappa shape index (κ3) is 2.89. The maximum Gasteiger partial charge on any atom is 0.139 e. The molecule has 2 N–H and O–H groups in total. The zero-order chi connectivity index (χ0) is 16.8. The minimum atomic E-state index is -0.0995. The summed E-state index contributed by atoms with van der Waals surface area (Å²) in [5.74, 6) is 1.20. The van der Waals surface area contributed by atoms with Crippen LogP contribution in [-0.4, -0.2) is 20.0 Å².